The monoisotopic (exact) mass is 326 g/mol. The molecule has 2 fully saturated rings. The number of nitrogens with one attached hydrogen (secondary N) is 1. The molecule has 2 saturated heterocycles. The highest BCUT2D eigenvalue weighted by molar-refractivity contribution is 5.70. The van der Waals surface area contributed by atoms with Gasteiger partial charge in [0.2, 0.25) is 0 Å². The first-order chi connectivity index (χ1) is 11.7. The average molecular weight is 326 g/mol. The van der Waals surface area contributed by atoms with Crippen LogP contribution in [0.2, 0.25) is 0 Å². The Morgan fingerprint density at radius 1 is 1.25 bits per heavy atom. The highest BCUT2D eigenvalue weighted by atomic mass is 16.5. The molecule has 24 heavy (non-hydrogen) atoms. The molecule has 126 valence electrons. The van der Waals surface area contributed by atoms with Gasteiger partial charge in [-0.05, 0) is 43.7 Å². The van der Waals surface area contributed by atoms with Crippen molar-refractivity contribution in [2.75, 3.05) is 31.1 Å². The third kappa shape index (κ3) is 2.72. The fourth-order valence-corrected chi connectivity index (χ4v) is 3.67. The minimum atomic E-state index is 0.236. The number of piperidine rings is 1. The number of fused-ring (bicyclic) bond motifs is 1. The molecule has 0 aliphatic carbocycles. The minimum absolute atomic E-state index is 0.236. The first kappa shape index (κ1) is 15.4. The van der Waals surface area contributed by atoms with E-state index in [1.54, 1.807) is 6.07 Å². The second-order valence-electron chi connectivity index (χ2n) is 6.41. The Labute approximate surface area is 141 Å². The smallest absolute Gasteiger partial charge is 0.151 e. The number of ether oxygens (including phenoxy) is 1. The van der Waals surface area contributed by atoms with Crippen molar-refractivity contribution in [1.82, 2.24) is 15.5 Å². The first-order valence-electron chi connectivity index (χ1n) is 8.45. The number of phenolic OH excluding ortho intramolecular Hbond substituents is 1. The molecule has 2 aliphatic rings. The summed E-state index contributed by atoms with van der Waals surface area (Å²) in [6, 6.07) is 9.71. The van der Waals surface area contributed by atoms with Gasteiger partial charge in [-0.25, -0.2) is 0 Å². The van der Waals surface area contributed by atoms with Crippen LogP contribution in [0.1, 0.15) is 12.0 Å². The molecule has 2 aliphatic heterocycles. The van der Waals surface area contributed by atoms with Crippen molar-refractivity contribution in [2.45, 2.75) is 25.5 Å². The van der Waals surface area contributed by atoms with E-state index in [1.807, 2.05) is 31.2 Å². The summed E-state index contributed by atoms with van der Waals surface area (Å²) in [5.74, 6) is 1.11. The molecule has 0 radical (unpaired) electrons. The van der Waals surface area contributed by atoms with Crippen LogP contribution < -0.4 is 10.2 Å². The van der Waals surface area contributed by atoms with Gasteiger partial charge in [-0.2, -0.15) is 0 Å². The molecule has 0 saturated carbocycles. The zero-order chi connectivity index (χ0) is 16.5. The lowest BCUT2D eigenvalue weighted by Gasteiger charge is -2.44. The maximum atomic E-state index is 10.1. The van der Waals surface area contributed by atoms with Crippen molar-refractivity contribution in [3.05, 3.63) is 35.9 Å². The molecule has 6 nitrogen and oxygen atoms in total. The zero-order valence-corrected chi connectivity index (χ0v) is 13.8. The van der Waals surface area contributed by atoms with Crippen molar-refractivity contribution >= 4 is 5.82 Å². The van der Waals surface area contributed by atoms with E-state index >= 15 is 0 Å². The number of rotatable bonds is 2. The topological polar surface area (TPSA) is 70.5 Å². The maximum Gasteiger partial charge on any atom is 0.151 e. The molecule has 0 unspecified atom stereocenters. The fraction of sp³-hybridized carbons (Fsp3) is 0.444. The lowest BCUT2D eigenvalue weighted by Crippen LogP contribution is -2.59. The summed E-state index contributed by atoms with van der Waals surface area (Å²) in [6.45, 7) is 5.43. The summed E-state index contributed by atoms with van der Waals surface area (Å²) >= 11 is 0. The van der Waals surface area contributed by atoms with Gasteiger partial charge in [-0.15, -0.1) is 10.2 Å². The number of aryl methyl sites for hydroxylation is 1. The molecule has 0 amide bonds. The second kappa shape index (κ2) is 6.37. The molecular formula is C18H22N4O2. The Kier molecular flexibility index (Phi) is 4.08. The van der Waals surface area contributed by atoms with Crippen LogP contribution in [0.15, 0.2) is 30.3 Å². The number of phenols is 1. The number of hydrogen-bond donors (Lipinski definition) is 2. The SMILES string of the molecule is Cc1cccc(O)c1-c1ccc(N2CCO[C@@H]3CCNC[C@@H]32)nn1. The molecule has 4 rings (SSSR count). The Morgan fingerprint density at radius 2 is 2.17 bits per heavy atom. The van der Waals surface area contributed by atoms with Gasteiger partial charge in [-0.3, -0.25) is 0 Å². The van der Waals surface area contributed by atoms with E-state index in [4.69, 9.17) is 4.74 Å². The van der Waals surface area contributed by atoms with E-state index in [0.717, 1.165) is 49.6 Å². The third-order valence-electron chi connectivity index (χ3n) is 4.90. The van der Waals surface area contributed by atoms with Crippen LogP contribution in [0.4, 0.5) is 5.82 Å². The lowest BCUT2D eigenvalue weighted by atomic mass is 10.0. The number of aromatic hydroxyl groups is 1. The van der Waals surface area contributed by atoms with Gasteiger partial charge in [0.15, 0.2) is 5.82 Å². The quantitative estimate of drug-likeness (QED) is 0.876. The van der Waals surface area contributed by atoms with E-state index < -0.39 is 0 Å². The van der Waals surface area contributed by atoms with Crippen LogP contribution in [0.25, 0.3) is 11.3 Å². The number of hydrogen-bond acceptors (Lipinski definition) is 6. The predicted octanol–water partition coefficient (Wildman–Crippen LogP) is 1.72. The summed E-state index contributed by atoms with van der Waals surface area (Å²) in [5.41, 5.74) is 2.43. The summed E-state index contributed by atoms with van der Waals surface area (Å²) in [4.78, 5) is 2.29. The van der Waals surface area contributed by atoms with Gasteiger partial charge in [0.25, 0.3) is 0 Å². The van der Waals surface area contributed by atoms with Gasteiger partial charge >= 0.3 is 0 Å². The Bertz CT molecular complexity index is 697. The standard InChI is InChI=1S/C18H22N4O2/c1-12-3-2-4-15(23)18(12)13-5-6-17(21-20-13)22-9-10-24-16-7-8-19-11-14(16)22/h2-6,14,16,19,23H,7-11H2,1H3/t14-,16+/m0/s1. The van der Waals surface area contributed by atoms with E-state index in [2.05, 4.69) is 20.4 Å². The summed E-state index contributed by atoms with van der Waals surface area (Å²) in [7, 11) is 0. The van der Waals surface area contributed by atoms with E-state index in [9.17, 15) is 5.11 Å². The van der Waals surface area contributed by atoms with E-state index in [-0.39, 0.29) is 11.9 Å². The van der Waals surface area contributed by atoms with Crippen LogP contribution >= 0.6 is 0 Å². The molecule has 3 heterocycles. The average Bonchev–Trinajstić information content (AvgIpc) is 2.62. The van der Waals surface area contributed by atoms with Crippen molar-refractivity contribution in [1.29, 1.82) is 0 Å². The van der Waals surface area contributed by atoms with Crippen LogP contribution in [0.3, 0.4) is 0 Å². The highest BCUT2D eigenvalue weighted by Gasteiger charge is 2.35. The van der Waals surface area contributed by atoms with Crippen molar-refractivity contribution in [2.24, 2.45) is 0 Å². The number of nitrogens with zero attached hydrogens (tertiary/aromatic N) is 3. The molecule has 0 bridgehead atoms. The van der Waals surface area contributed by atoms with Gasteiger partial charge in [-0.1, -0.05) is 12.1 Å². The molecular weight excluding hydrogens is 304 g/mol. The normalized spacial score (nSPS) is 23.8. The molecule has 1 aromatic carbocycles. The van der Waals surface area contributed by atoms with Crippen molar-refractivity contribution in [3.8, 4) is 17.0 Å². The third-order valence-corrected chi connectivity index (χ3v) is 4.90. The van der Waals surface area contributed by atoms with E-state index in [1.165, 1.54) is 0 Å². The number of morpholine rings is 1. The van der Waals surface area contributed by atoms with Crippen molar-refractivity contribution in [3.63, 3.8) is 0 Å². The lowest BCUT2D eigenvalue weighted by molar-refractivity contribution is -0.00377. The largest absolute Gasteiger partial charge is 0.507 e. The van der Waals surface area contributed by atoms with Gasteiger partial charge in [0, 0.05) is 18.7 Å². The molecule has 6 heteroatoms. The maximum absolute atomic E-state index is 10.1. The Morgan fingerprint density at radius 3 is 2.96 bits per heavy atom. The minimum Gasteiger partial charge on any atom is -0.507 e. The van der Waals surface area contributed by atoms with Crippen LogP contribution in [-0.2, 0) is 4.74 Å². The van der Waals surface area contributed by atoms with Gasteiger partial charge < -0.3 is 20.1 Å². The van der Waals surface area contributed by atoms with Crippen LogP contribution in [-0.4, -0.2) is 53.7 Å². The van der Waals surface area contributed by atoms with Crippen LogP contribution in [0, 0.1) is 6.92 Å². The fourth-order valence-electron chi connectivity index (χ4n) is 3.67. The first-order valence-corrected chi connectivity index (χ1v) is 8.45. The Balaban J connectivity index is 1.62. The summed E-state index contributed by atoms with van der Waals surface area (Å²) < 4.78 is 5.90. The van der Waals surface area contributed by atoms with Gasteiger partial charge in [0.05, 0.1) is 24.4 Å². The van der Waals surface area contributed by atoms with Gasteiger partial charge in [0.1, 0.15) is 5.75 Å². The number of benzene rings is 1. The zero-order valence-electron chi connectivity index (χ0n) is 13.8. The molecule has 0 spiro atoms. The van der Waals surface area contributed by atoms with Crippen molar-refractivity contribution < 1.29 is 9.84 Å². The molecule has 2 N–H and O–H groups in total. The number of aromatic nitrogens is 2. The Hall–Kier alpha value is -2.18. The molecule has 2 aromatic rings. The highest BCUT2D eigenvalue weighted by Crippen LogP contribution is 2.31. The molecule has 1 aromatic heterocycles. The summed E-state index contributed by atoms with van der Waals surface area (Å²) in [5, 5.41) is 22.4. The van der Waals surface area contributed by atoms with E-state index in [0.29, 0.717) is 11.7 Å². The number of anilines is 1. The van der Waals surface area contributed by atoms with Crippen LogP contribution in [0.5, 0.6) is 5.75 Å². The second-order valence-corrected chi connectivity index (χ2v) is 6.41. The summed E-state index contributed by atoms with van der Waals surface area (Å²) in [6.07, 6.45) is 1.30. The predicted molar refractivity (Wildman–Crippen MR) is 92.2 cm³/mol. The molecule has 2 atom stereocenters.